The third-order valence-electron chi connectivity index (χ3n) is 5.10. The maximum absolute atomic E-state index is 12.4. The van der Waals surface area contributed by atoms with Crippen LogP contribution in [0.4, 0.5) is 5.69 Å². The molecule has 5 nitrogen and oxygen atoms in total. The van der Waals surface area contributed by atoms with Crippen molar-refractivity contribution in [2.24, 2.45) is 4.99 Å². The molecular formula is C23H25N3O2S. The number of ether oxygens (including phenoxy) is 1. The first-order valence-corrected chi connectivity index (χ1v) is 10.8. The molecule has 2 aliphatic heterocycles. The molecule has 0 spiro atoms. The summed E-state index contributed by atoms with van der Waals surface area (Å²) in [5.41, 5.74) is 3.56. The molecule has 2 aliphatic rings. The largest absolute Gasteiger partial charge is 0.494 e. The van der Waals surface area contributed by atoms with Crippen LogP contribution in [0.3, 0.4) is 0 Å². The number of benzene rings is 2. The predicted octanol–water partition coefficient (Wildman–Crippen LogP) is 4.19. The molecule has 29 heavy (non-hydrogen) atoms. The molecule has 1 saturated heterocycles. The molecule has 2 heterocycles. The highest BCUT2D eigenvalue weighted by Crippen LogP contribution is 2.31. The molecule has 0 unspecified atom stereocenters. The van der Waals surface area contributed by atoms with E-state index in [4.69, 9.17) is 4.74 Å². The van der Waals surface area contributed by atoms with E-state index in [-0.39, 0.29) is 5.91 Å². The average Bonchev–Trinajstić information content (AvgIpc) is 3.10. The van der Waals surface area contributed by atoms with Crippen molar-refractivity contribution in [3.05, 3.63) is 64.6 Å². The normalized spacial score (nSPS) is 18.3. The van der Waals surface area contributed by atoms with Gasteiger partial charge in [0.1, 0.15) is 5.75 Å². The fourth-order valence-electron chi connectivity index (χ4n) is 3.57. The second-order valence-corrected chi connectivity index (χ2v) is 8.08. The Labute approximate surface area is 176 Å². The van der Waals surface area contributed by atoms with E-state index < -0.39 is 0 Å². The molecule has 4 rings (SSSR count). The van der Waals surface area contributed by atoms with Gasteiger partial charge in [-0.25, -0.2) is 0 Å². The maximum Gasteiger partial charge on any atom is 0.286 e. The SMILES string of the molecule is CCOc1ccc(/C=C2\SC(N3CCN(c4ccccc4C)CC3)=NC2=O)cc1. The highest BCUT2D eigenvalue weighted by Gasteiger charge is 2.28. The van der Waals surface area contributed by atoms with Gasteiger partial charge in [0.2, 0.25) is 0 Å². The van der Waals surface area contributed by atoms with Crippen LogP contribution in [-0.4, -0.2) is 48.8 Å². The Hall–Kier alpha value is -2.73. The van der Waals surface area contributed by atoms with Crippen LogP contribution in [0.2, 0.25) is 0 Å². The van der Waals surface area contributed by atoms with E-state index in [1.54, 1.807) is 0 Å². The summed E-state index contributed by atoms with van der Waals surface area (Å²) in [6.07, 6.45) is 1.91. The Morgan fingerprint density at radius 2 is 1.72 bits per heavy atom. The Morgan fingerprint density at radius 3 is 2.41 bits per heavy atom. The molecule has 0 aromatic heterocycles. The maximum atomic E-state index is 12.4. The van der Waals surface area contributed by atoms with Crippen molar-refractivity contribution in [2.75, 3.05) is 37.7 Å². The van der Waals surface area contributed by atoms with E-state index in [0.717, 1.165) is 42.7 Å². The fraction of sp³-hybridized carbons (Fsp3) is 0.304. The summed E-state index contributed by atoms with van der Waals surface area (Å²) in [6.45, 7) is 8.34. The number of aliphatic imine (C=N–C) groups is 1. The number of aryl methyl sites for hydroxylation is 1. The number of amides is 1. The standard InChI is InChI=1S/C23H25N3O2S/c1-3-28-19-10-8-18(9-11-19)16-21-22(27)24-23(29-21)26-14-12-25(13-15-26)20-7-5-4-6-17(20)2/h4-11,16H,3,12-15H2,1-2H3/b21-16-. The zero-order valence-corrected chi connectivity index (χ0v) is 17.6. The molecule has 6 heteroatoms. The highest BCUT2D eigenvalue weighted by molar-refractivity contribution is 8.18. The lowest BCUT2D eigenvalue weighted by molar-refractivity contribution is -0.113. The molecule has 150 valence electrons. The summed E-state index contributed by atoms with van der Waals surface area (Å²) in [5, 5.41) is 0.816. The second kappa shape index (κ2) is 8.74. The number of rotatable bonds is 4. The van der Waals surface area contributed by atoms with Gasteiger partial charge in [-0.3, -0.25) is 4.79 Å². The van der Waals surface area contributed by atoms with Crippen LogP contribution < -0.4 is 9.64 Å². The minimum absolute atomic E-state index is 0.153. The number of thioether (sulfide) groups is 1. The fourth-order valence-corrected chi connectivity index (χ4v) is 4.53. The highest BCUT2D eigenvalue weighted by atomic mass is 32.2. The minimum Gasteiger partial charge on any atom is -0.494 e. The number of hydrogen-bond acceptors (Lipinski definition) is 5. The van der Waals surface area contributed by atoms with Crippen molar-refractivity contribution in [3.8, 4) is 5.75 Å². The zero-order chi connectivity index (χ0) is 20.2. The Kier molecular flexibility index (Phi) is 5.90. The summed E-state index contributed by atoms with van der Waals surface area (Å²) >= 11 is 1.47. The topological polar surface area (TPSA) is 45.1 Å². The lowest BCUT2D eigenvalue weighted by Crippen LogP contribution is -2.48. The molecular weight excluding hydrogens is 382 g/mol. The van der Waals surface area contributed by atoms with Crippen molar-refractivity contribution >= 4 is 34.6 Å². The zero-order valence-electron chi connectivity index (χ0n) is 16.8. The molecule has 0 radical (unpaired) electrons. The third kappa shape index (κ3) is 4.48. The molecule has 1 fully saturated rings. The van der Waals surface area contributed by atoms with Gasteiger partial charge in [0.25, 0.3) is 5.91 Å². The number of nitrogens with zero attached hydrogens (tertiary/aromatic N) is 3. The summed E-state index contributed by atoms with van der Waals surface area (Å²) in [5.74, 6) is 0.684. The summed E-state index contributed by atoms with van der Waals surface area (Å²) in [7, 11) is 0. The lowest BCUT2D eigenvalue weighted by Gasteiger charge is -2.37. The number of carbonyl (C=O) groups is 1. The summed E-state index contributed by atoms with van der Waals surface area (Å²) < 4.78 is 5.47. The molecule has 0 bridgehead atoms. The summed E-state index contributed by atoms with van der Waals surface area (Å²) in [4.78, 5) is 22.0. The first-order valence-electron chi connectivity index (χ1n) is 9.95. The van der Waals surface area contributed by atoms with Gasteiger partial charge in [0.05, 0.1) is 11.5 Å². The van der Waals surface area contributed by atoms with E-state index in [2.05, 4.69) is 46.0 Å². The van der Waals surface area contributed by atoms with Crippen LogP contribution in [0.25, 0.3) is 6.08 Å². The summed E-state index contributed by atoms with van der Waals surface area (Å²) in [6, 6.07) is 16.3. The Bertz CT molecular complexity index is 945. The third-order valence-corrected chi connectivity index (χ3v) is 6.15. The predicted molar refractivity (Wildman–Crippen MR) is 121 cm³/mol. The molecule has 0 saturated carbocycles. The molecule has 0 aliphatic carbocycles. The van der Waals surface area contributed by atoms with E-state index in [1.807, 2.05) is 37.3 Å². The van der Waals surface area contributed by atoms with E-state index >= 15 is 0 Å². The second-order valence-electron chi connectivity index (χ2n) is 7.07. The molecule has 2 aromatic rings. The van der Waals surface area contributed by atoms with Crippen LogP contribution in [0.15, 0.2) is 58.4 Å². The molecule has 0 N–H and O–H groups in total. The van der Waals surface area contributed by atoms with Gasteiger partial charge in [0, 0.05) is 31.9 Å². The number of carbonyl (C=O) groups excluding carboxylic acids is 1. The van der Waals surface area contributed by atoms with E-state index in [1.165, 1.54) is 23.0 Å². The van der Waals surface area contributed by atoms with Gasteiger partial charge in [0.15, 0.2) is 5.17 Å². The number of anilines is 1. The van der Waals surface area contributed by atoms with Gasteiger partial charge >= 0.3 is 0 Å². The first kappa shape index (κ1) is 19.6. The van der Waals surface area contributed by atoms with E-state index in [9.17, 15) is 4.79 Å². The van der Waals surface area contributed by atoms with Crippen molar-refractivity contribution in [3.63, 3.8) is 0 Å². The van der Waals surface area contributed by atoms with Crippen molar-refractivity contribution < 1.29 is 9.53 Å². The van der Waals surface area contributed by atoms with Crippen molar-refractivity contribution in [1.29, 1.82) is 0 Å². The van der Waals surface area contributed by atoms with Crippen LogP contribution >= 0.6 is 11.8 Å². The van der Waals surface area contributed by atoms with Crippen LogP contribution in [0.1, 0.15) is 18.1 Å². The first-order chi connectivity index (χ1) is 14.1. The van der Waals surface area contributed by atoms with Crippen molar-refractivity contribution in [1.82, 2.24) is 4.90 Å². The van der Waals surface area contributed by atoms with Gasteiger partial charge in [-0.05, 0) is 61.0 Å². The lowest BCUT2D eigenvalue weighted by atomic mass is 10.1. The smallest absolute Gasteiger partial charge is 0.286 e. The number of amidine groups is 1. The van der Waals surface area contributed by atoms with Crippen LogP contribution in [0.5, 0.6) is 5.75 Å². The average molecular weight is 408 g/mol. The quantitative estimate of drug-likeness (QED) is 0.712. The molecule has 2 aromatic carbocycles. The van der Waals surface area contributed by atoms with Gasteiger partial charge in [-0.1, -0.05) is 30.3 Å². The monoisotopic (exact) mass is 407 g/mol. The van der Waals surface area contributed by atoms with Crippen LogP contribution in [0, 0.1) is 6.92 Å². The van der Waals surface area contributed by atoms with Crippen LogP contribution in [-0.2, 0) is 4.79 Å². The van der Waals surface area contributed by atoms with Crippen molar-refractivity contribution in [2.45, 2.75) is 13.8 Å². The van der Waals surface area contributed by atoms with Gasteiger partial charge < -0.3 is 14.5 Å². The molecule has 1 amide bonds. The van der Waals surface area contributed by atoms with Gasteiger partial charge in [-0.15, -0.1) is 0 Å². The minimum atomic E-state index is -0.153. The van der Waals surface area contributed by atoms with E-state index in [0.29, 0.717) is 11.5 Å². The Morgan fingerprint density at radius 1 is 1.03 bits per heavy atom. The number of hydrogen-bond donors (Lipinski definition) is 0. The Balaban J connectivity index is 1.38. The van der Waals surface area contributed by atoms with Gasteiger partial charge in [-0.2, -0.15) is 4.99 Å². The number of para-hydroxylation sites is 1. The molecule has 0 atom stereocenters. The number of piperazine rings is 1.